The number of aromatic nitrogens is 7. The van der Waals surface area contributed by atoms with Crippen LogP contribution in [0.1, 0.15) is 53.5 Å². The van der Waals surface area contributed by atoms with Gasteiger partial charge in [-0.3, -0.25) is 14.5 Å². The van der Waals surface area contributed by atoms with Crippen LogP contribution in [-0.4, -0.2) is 52.6 Å². The number of nitrogens with zero attached hydrogens (tertiary/aromatic N) is 8. The van der Waals surface area contributed by atoms with E-state index < -0.39 is 42.1 Å². The Hall–Kier alpha value is -5.54. The van der Waals surface area contributed by atoms with Crippen molar-refractivity contribution in [1.29, 1.82) is 0 Å². The highest BCUT2D eigenvalue weighted by molar-refractivity contribution is 6.09. The van der Waals surface area contributed by atoms with Crippen LogP contribution in [0, 0.1) is 17.6 Å². The summed E-state index contributed by atoms with van der Waals surface area (Å²) >= 11 is 0. The predicted molar refractivity (Wildman–Crippen MR) is 152 cm³/mol. The second kappa shape index (κ2) is 10.8. The number of rotatable bonds is 8. The normalized spacial score (nSPS) is 16.3. The van der Waals surface area contributed by atoms with E-state index in [0.717, 1.165) is 42.5 Å². The summed E-state index contributed by atoms with van der Waals surface area (Å²) in [5.74, 6) is -3.68. The molecule has 1 unspecified atom stereocenters. The van der Waals surface area contributed by atoms with Gasteiger partial charge in [0, 0.05) is 10.9 Å². The second-order valence-corrected chi connectivity index (χ2v) is 11.1. The van der Waals surface area contributed by atoms with Crippen molar-refractivity contribution in [1.82, 2.24) is 34.7 Å². The van der Waals surface area contributed by atoms with Crippen molar-refractivity contribution in [3.63, 3.8) is 0 Å². The number of alkyl halides is 2. The maximum atomic E-state index is 14.9. The smallest absolute Gasteiger partial charge is 0.423 e. The molecule has 0 saturated heterocycles. The number of fused-ring (bicyclic) bond motifs is 2. The van der Waals surface area contributed by atoms with E-state index in [4.69, 9.17) is 15.5 Å². The summed E-state index contributed by atoms with van der Waals surface area (Å²) in [6.07, 6.45) is 3.31. The number of ether oxygens (including phenoxy) is 1. The maximum absolute atomic E-state index is 14.9. The average molecular weight is 634 g/mol. The van der Waals surface area contributed by atoms with E-state index in [0.29, 0.717) is 23.1 Å². The summed E-state index contributed by atoms with van der Waals surface area (Å²) in [4.78, 5) is 47.0. The molecule has 5 aromatic rings. The van der Waals surface area contributed by atoms with E-state index in [2.05, 4.69) is 25.0 Å². The topological polar surface area (TPSA) is 155 Å². The highest BCUT2D eigenvalue weighted by Gasteiger charge is 2.51. The summed E-state index contributed by atoms with van der Waals surface area (Å²) in [5, 5.41) is 4.86. The van der Waals surface area contributed by atoms with Gasteiger partial charge in [0.1, 0.15) is 11.9 Å². The molecule has 1 saturated carbocycles. The lowest BCUT2D eigenvalue weighted by molar-refractivity contribution is -0.193. The molecule has 46 heavy (non-hydrogen) atoms. The van der Waals surface area contributed by atoms with Crippen molar-refractivity contribution in [3.8, 4) is 16.9 Å². The Labute approximate surface area is 257 Å². The van der Waals surface area contributed by atoms with Crippen LogP contribution < -0.4 is 15.4 Å². The Morgan fingerprint density at radius 3 is 2.39 bits per heavy atom. The quantitative estimate of drug-likeness (QED) is 0.248. The maximum Gasteiger partial charge on any atom is 0.482 e. The highest BCUT2D eigenvalue weighted by atomic mass is 19.3. The van der Waals surface area contributed by atoms with Crippen molar-refractivity contribution >= 4 is 28.5 Å². The van der Waals surface area contributed by atoms with Crippen molar-refractivity contribution in [2.75, 3.05) is 4.90 Å². The Morgan fingerprint density at radius 2 is 1.74 bits per heavy atom. The largest absolute Gasteiger partial charge is 0.482 e. The zero-order valence-corrected chi connectivity index (χ0v) is 24.0. The zero-order chi connectivity index (χ0) is 32.3. The molecule has 0 radical (unpaired) electrons. The summed E-state index contributed by atoms with van der Waals surface area (Å²) < 4.78 is 63.2. The lowest BCUT2D eigenvalue weighted by Gasteiger charge is -2.33. The van der Waals surface area contributed by atoms with E-state index in [9.17, 15) is 27.2 Å². The van der Waals surface area contributed by atoms with Crippen LogP contribution in [0.5, 0.6) is 5.75 Å². The molecule has 0 bridgehead atoms. The van der Waals surface area contributed by atoms with Crippen LogP contribution in [0.4, 0.5) is 23.2 Å². The number of hydrogen-bond donors (Lipinski definition) is 1. The SMILES string of the molecule is CC(c1ncc(F)cn1)n1ncc2c(-c3ccc4c(c3)OC(F)(F)C(=O)N4Cc3ncc(F)cn3)c(C(N)=O)c(CC3CC3)nc21. The number of primary amides is 1. The second-order valence-electron chi connectivity index (χ2n) is 11.1. The van der Waals surface area contributed by atoms with Crippen molar-refractivity contribution in [2.24, 2.45) is 11.7 Å². The molecule has 1 atom stereocenters. The molecule has 1 fully saturated rings. The third kappa shape index (κ3) is 5.14. The molecule has 7 rings (SSSR count). The number of carbonyl (C=O) groups is 2. The zero-order valence-electron chi connectivity index (χ0n) is 24.0. The van der Waals surface area contributed by atoms with Gasteiger partial charge >= 0.3 is 12.0 Å². The van der Waals surface area contributed by atoms with Gasteiger partial charge in [-0.05, 0) is 49.8 Å². The fourth-order valence-corrected chi connectivity index (χ4v) is 5.49. The molecular formula is C30H23F4N9O3. The average Bonchev–Trinajstić information content (AvgIpc) is 3.74. The molecular weight excluding hydrogens is 610 g/mol. The minimum atomic E-state index is -4.25. The molecule has 2 aliphatic rings. The van der Waals surface area contributed by atoms with Crippen molar-refractivity contribution < 1.29 is 31.9 Å². The summed E-state index contributed by atoms with van der Waals surface area (Å²) in [6, 6.07) is 3.59. The number of anilines is 1. The summed E-state index contributed by atoms with van der Waals surface area (Å²) in [5.41, 5.74) is 7.30. The molecule has 12 nitrogen and oxygen atoms in total. The van der Waals surface area contributed by atoms with E-state index in [1.165, 1.54) is 29.1 Å². The first kappa shape index (κ1) is 29.2. The van der Waals surface area contributed by atoms with Crippen LogP contribution in [-0.2, 0) is 17.8 Å². The monoisotopic (exact) mass is 633 g/mol. The standard InChI is InChI=1S/C30H23F4N9O3/c1-14(27-38-10-18(32)11-39-27)43-28-19(12-40-43)24(25(26(35)44)20(41-28)6-15-2-3-15)16-4-5-21-22(7-16)46-30(33,34)29(45)42(21)13-23-36-8-17(31)9-37-23/h4-5,7-12,14-15H,2-3,6,13H2,1H3,(H2,35,44). The lowest BCUT2D eigenvalue weighted by atomic mass is 9.93. The number of amides is 2. The van der Waals surface area contributed by atoms with Gasteiger partial charge < -0.3 is 10.5 Å². The van der Waals surface area contributed by atoms with E-state index >= 15 is 0 Å². The van der Waals surface area contributed by atoms with Crippen molar-refractivity contribution in [2.45, 2.75) is 44.9 Å². The van der Waals surface area contributed by atoms with Gasteiger partial charge in [-0.15, -0.1) is 0 Å². The van der Waals surface area contributed by atoms with E-state index in [-0.39, 0.29) is 45.7 Å². The van der Waals surface area contributed by atoms with Gasteiger partial charge in [-0.2, -0.15) is 13.9 Å². The molecule has 1 aromatic carbocycles. The van der Waals surface area contributed by atoms with Crippen LogP contribution in [0.15, 0.2) is 49.2 Å². The minimum absolute atomic E-state index is 0.0190. The molecule has 1 aliphatic heterocycles. The van der Waals surface area contributed by atoms with Gasteiger partial charge in [0.15, 0.2) is 28.9 Å². The Bertz CT molecular complexity index is 2020. The molecule has 2 amide bonds. The Morgan fingerprint density at radius 1 is 1.07 bits per heavy atom. The number of hydrogen-bond acceptors (Lipinski definition) is 9. The molecule has 2 N–H and O–H groups in total. The van der Waals surface area contributed by atoms with Crippen LogP contribution >= 0.6 is 0 Å². The van der Waals surface area contributed by atoms with Gasteiger partial charge in [-0.1, -0.05) is 6.07 Å². The van der Waals surface area contributed by atoms with Crippen LogP contribution in [0.2, 0.25) is 0 Å². The van der Waals surface area contributed by atoms with Gasteiger partial charge in [0.05, 0.1) is 54.5 Å². The molecule has 5 heterocycles. The predicted octanol–water partition coefficient (Wildman–Crippen LogP) is 4.14. The third-order valence-electron chi connectivity index (χ3n) is 7.87. The Balaban J connectivity index is 1.39. The molecule has 0 spiro atoms. The van der Waals surface area contributed by atoms with E-state index in [1.807, 2.05) is 0 Å². The van der Waals surface area contributed by atoms with Gasteiger partial charge in [0.2, 0.25) is 0 Å². The van der Waals surface area contributed by atoms with Crippen LogP contribution in [0.25, 0.3) is 22.2 Å². The van der Waals surface area contributed by atoms with E-state index in [1.54, 1.807) is 6.92 Å². The number of carbonyl (C=O) groups excluding carboxylic acids is 2. The van der Waals surface area contributed by atoms with Crippen LogP contribution in [0.3, 0.4) is 0 Å². The first-order valence-electron chi connectivity index (χ1n) is 14.2. The van der Waals surface area contributed by atoms with Gasteiger partial charge in [-0.25, -0.2) is 38.4 Å². The minimum Gasteiger partial charge on any atom is -0.423 e. The summed E-state index contributed by atoms with van der Waals surface area (Å²) in [7, 11) is 0. The molecule has 16 heteroatoms. The summed E-state index contributed by atoms with van der Waals surface area (Å²) in [6.45, 7) is 1.26. The first-order chi connectivity index (χ1) is 22.0. The number of pyridine rings is 1. The highest BCUT2D eigenvalue weighted by Crippen LogP contribution is 2.45. The van der Waals surface area contributed by atoms with Gasteiger partial charge in [0.25, 0.3) is 5.91 Å². The third-order valence-corrected chi connectivity index (χ3v) is 7.87. The lowest BCUT2D eigenvalue weighted by Crippen LogP contribution is -2.50. The Kier molecular flexibility index (Phi) is 6.86. The number of nitrogens with two attached hydrogens (primary N) is 1. The number of halogens is 4. The fourth-order valence-electron chi connectivity index (χ4n) is 5.49. The van der Waals surface area contributed by atoms with Crippen molar-refractivity contribution in [3.05, 3.63) is 83.7 Å². The molecule has 234 valence electrons. The number of benzene rings is 1. The first-order valence-corrected chi connectivity index (χ1v) is 14.2. The molecule has 4 aromatic heterocycles. The fraction of sp³-hybridized carbons (Fsp3) is 0.267. The molecule has 1 aliphatic carbocycles.